The Labute approximate surface area is 131 Å². The second-order valence-corrected chi connectivity index (χ2v) is 5.87. The minimum absolute atomic E-state index is 0.241. The van der Waals surface area contributed by atoms with Gasteiger partial charge in [0, 0.05) is 19.0 Å². The smallest absolute Gasteiger partial charge is 0.303 e. The zero-order valence-electron chi connectivity index (χ0n) is 12.6. The van der Waals surface area contributed by atoms with Gasteiger partial charge in [-0.3, -0.25) is 9.69 Å². The van der Waals surface area contributed by atoms with Gasteiger partial charge < -0.3 is 5.11 Å². The molecule has 0 saturated heterocycles. The summed E-state index contributed by atoms with van der Waals surface area (Å²) in [7, 11) is 0. The van der Waals surface area contributed by atoms with Gasteiger partial charge in [-0.15, -0.1) is 0 Å². The van der Waals surface area contributed by atoms with E-state index < -0.39 is 5.97 Å². The zero-order valence-corrected chi connectivity index (χ0v) is 12.6. The summed E-state index contributed by atoms with van der Waals surface area (Å²) < 4.78 is 0. The van der Waals surface area contributed by atoms with Crippen LogP contribution in [0.15, 0.2) is 54.6 Å². The van der Waals surface area contributed by atoms with Gasteiger partial charge in [0.25, 0.3) is 0 Å². The van der Waals surface area contributed by atoms with E-state index in [0.29, 0.717) is 12.5 Å². The van der Waals surface area contributed by atoms with Crippen LogP contribution in [-0.2, 0) is 17.8 Å². The predicted octanol–water partition coefficient (Wildman–Crippen LogP) is 3.65. The van der Waals surface area contributed by atoms with E-state index in [4.69, 9.17) is 5.11 Å². The van der Waals surface area contributed by atoms with Crippen molar-refractivity contribution in [2.45, 2.75) is 31.8 Å². The molecule has 3 rings (SSSR count). The molecule has 1 heterocycles. The van der Waals surface area contributed by atoms with Crippen LogP contribution >= 0.6 is 0 Å². The van der Waals surface area contributed by atoms with Gasteiger partial charge in [0.2, 0.25) is 0 Å². The monoisotopic (exact) mass is 295 g/mol. The summed E-state index contributed by atoms with van der Waals surface area (Å²) in [6.45, 7) is 1.76. The Morgan fingerprint density at radius 1 is 1.09 bits per heavy atom. The minimum atomic E-state index is -0.712. The zero-order chi connectivity index (χ0) is 15.4. The minimum Gasteiger partial charge on any atom is -0.481 e. The standard InChI is InChI=1S/C19H21NO2/c21-19(22)11-6-12-20-14-16-9-4-5-10-17(16)18(20)13-15-7-2-1-3-8-15/h1-5,7-10,18H,6,11-14H2,(H,21,22)/t18-/m1/s1. The lowest BCUT2D eigenvalue weighted by atomic mass is 9.98. The van der Waals surface area contributed by atoms with Gasteiger partial charge in [-0.2, -0.15) is 0 Å². The normalized spacial score (nSPS) is 17.4. The van der Waals surface area contributed by atoms with Crippen LogP contribution < -0.4 is 0 Å². The number of aliphatic carboxylic acids is 1. The van der Waals surface area contributed by atoms with Crippen LogP contribution in [0.1, 0.15) is 35.6 Å². The highest BCUT2D eigenvalue weighted by Crippen LogP contribution is 2.36. The molecule has 1 aliphatic rings. The molecule has 1 aliphatic heterocycles. The van der Waals surface area contributed by atoms with E-state index in [1.54, 1.807) is 0 Å². The largest absolute Gasteiger partial charge is 0.481 e. The van der Waals surface area contributed by atoms with Crippen molar-refractivity contribution >= 4 is 5.97 Å². The lowest BCUT2D eigenvalue weighted by Gasteiger charge is -2.25. The first-order valence-electron chi connectivity index (χ1n) is 7.81. The van der Waals surface area contributed by atoms with Crippen molar-refractivity contribution in [3.05, 3.63) is 71.3 Å². The molecule has 3 heteroatoms. The van der Waals surface area contributed by atoms with Crippen molar-refractivity contribution in [2.24, 2.45) is 0 Å². The van der Waals surface area contributed by atoms with Crippen LogP contribution in [0.3, 0.4) is 0 Å². The van der Waals surface area contributed by atoms with Gasteiger partial charge in [0.05, 0.1) is 0 Å². The SMILES string of the molecule is O=C(O)CCCN1Cc2ccccc2[C@H]1Cc1ccccc1. The highest BCUT2D eigenvalue weighted by molar-refractivity contribution is 5.66. The Hall–Kier alpha value is -2.13. The molecule has 0 bridgehead atoms. The van der Waals surface area contributed by atoms with Crippen LogP contribution in [0, 0.1) is 0 Å². The quantitative estimate of drug-likeness (QED) is 0.884. The molecule has 0 radical (unpaired) electrons. The van der Waals surface area contributed by atoms with Crippen molar-refractivity contribution in [1.82, 2.24) is 4.90 Å². The molecular formula is C19H21NO2. The average Bonchev–Trinajstić information content (AvgIpc) is 2.86. The van der Waals surface area contributed by atoms with Gasteiger partial charge in [-0.05, 0) is 36.1 Å². The fraction of sp³-hybridized carbons (Fsp3) is 0.316. The maximum absolute atomic E-state index is 10.7. The molecular weight excluding hydrogens is 274 g/mol. The Morgan fingerprint density at radius 3 is 2.59 bits per heavy atom. The number of fused-ring (bicyclic) bond motifs is 1. The number of hydrogen-bond donors (Lipinski definition) is 1. The molecule has 0 aromatic heterocycles. The molecule has 1 atom stereocenters. The van der Waals surface area contributed by atoms with Crippen molar-refractivity contribution in [3.63, 3.8) is 0 Å². The van der Waals surface area contributed by atoms with Crippen LogP contribution in [0.2, 0.25) is 0 Å². The van der Waals surface area contributed by atoms with Gasteiger partial charge in [-0.1, -0.05) is 54.6 Å². The maximum Gasteiger partial charge on any atom is 0.303 e. The van der Waals surface area contributed by atoms with Crippen molar-refractivity contribution in [2.75, 3.05) is 6.54 Å². The Balaban J connectivity index is 1.76. The van der Waals surface area contributed by atoms with Crippen molar-refractivity contribution in [3.8, 4) is 0 Å². The molecule has 0 amide bonds. The van der Waals surface area contributed by atoms with Gasteiger partial charge in [0.1, 0.15) is 0 Å². The molecule has 2 aromatic carbocycles. The summed E-state index contributed by atoms with van der Waals surface area (Å²) in [4.78, 5) is 13.2. The third-order valence-electron chi connectivity index (χ3n) is 4.34. The van der Waals surface area contributed by atoms with E-state index in [0.717, 1.165) is 19.5 Å². The van der Waals surface area contributed by atoms with Gasteiger partial charge in [0.15, 0.2) is 0 Å². The number of carbonyl (C=O) groups is 1. The van der Waals surface area contributed by atoms with Gasteiger partial charge in [-0.25, -0.2) is 0 Å². The van der Waals surface area contributed by atoms with Crippen LogP contribution in [0.4, 0.5) is 0 Å². The van der Waals surface area contributed by atoms with Crippen LogP contribution in [-0.4, -0.2) is 22.5 Å². The summed E-state index contributed by atoms with van der Waals surface area (Å²) in [5.41, 5.74) is 4.09. The van der Waals surface area contributed by atoms with E-state index in [1.807, 2.05) is 6.07 Å². The highest BCUT2D eigenvalue weighted by atomic mass is 16.4. The molecule has 1 N–H and O–H groups in total. The third kappa shape index (κ3) is 3.37. The summed E-state index contributed by atoms with van der Waals surface area (Å²) in [5, 5.41) is 8.84. The highest BCUT2D eigenvalue weighted by Gasteiger charge is 2.29. The molecule has 0 fully saturated rings. The molecule has 0 spiro atoms. The summed E-state index contributed by atoms with van der Waals surface area (Å²) in [6, 6.07) is 19.4. The number of rotatable bonds is 6. The second-order valence-electron chi connectivity index (χ2n) is 5.87. The molecule has 3 nitrogen and oxygen atoms in total. The topological polar surface area (TPSA) is 40.5 Å². The number of carboxylic acids is 1. The average molecular weight is 295 g/mol. The Morgan fingerprint density at radius 2 is 1.82 bits per heavy atom. The Bertz CT molecular complexity index is 639. The lowest BCUT2D eigenvalue weighted by molar-refractivity contribution is -0.137. The molecule has 0 saturated carbocycles. The Kier molecular flexibility index (Phi) is 4.54. The first-order chi connectivity index (χ1) is 10.7. The number of hydrogen-bond acceptors (Lipinski definition) is 2. The van der Waals surface area contributed by atoms with Gasteiger partial charge >= 0.3 is 5.97 Å². The van der Waals surface area contributed by atoms with E-state index in [1.165, 1.54) is 16.7 Å². The fourth-order valence-corrected chi connectivity index (χ4v) is 3.27. The second kappa shape index (κ2) is 6.75. The first-order valence-corrected chi connectivity index (χ1v) is 7.81. The summed E-state index contributed by atoms with van der Waals surface area (Å²) >= 11 is 0. The fourth-order valence-electron chi connectivity index (χ4n) is 3.27. The molecule has 0 unspecified atom stereocenters. The van der Waals surface area contributed by atoms with E-state index >= 15 is 0 Å². The first kappa shape index (κ1) is 14.8. The van der Waals surface area contributed by atoms with Crippen LogP contribution in [0.25, 0.3) is 0 Å². The van der Waals surface area contributed by atoms with E-state index in [2.05, 4.69) is 53.4 Å². The molecule has 22 heavy (non-hydrogen) atoms. The number of carboxylic acid groups (broad SMARTS) is 1. The molecule has 114 valence electrons. The van der Waals surface area contributed by atoms with Crippen molar-refractivity contribution < 1.29 is 9.90 Å². The molecule has 2 aromatic rings. The maximum atomic E-state index is 10.7. The lowest BCUT2D eigenvalue weighted by Crippen LogP contribution is -2.25. The van der Waals surface area contributed by atoms with Crippen LogP contribution in [0.5, 0.6) is 0 Å². The van der Waals surface area contributed by atoms with Crippen molar-refractivity contribution in [1.29, 1.82) is 0 Å². The summed E-state index contributed by atoms with van der Waals surface area (Å²) in [6.07, 6.45) is 1.92. The third-order valence-corrected chi connectivity index (χ3v) is 4.34. The predicted molar refractivity (Wildman–Crippen MR) is 86.6 cm³/mol. The van der Waals surface area contributed by atoms with E-state index in [9.17, 15) is 4.79 Å². The molecule has 0 aliphatic carbocycles. The number of nitrogens with zero attached hydrogens (tertiary/aromatic N) is 1. The summed E-state index contributed by atoms with van der Waals surface area (Å²) in [5.74, 6) is -0.712. The van der Waals surface area contributed by atoms with E-state index in [-0.39, 0.29) is 6.42 Å². The number of benzene rings is 2.